The van der Waals surface area contributed by atoms with Crippen molar-refractivity contribution in [1.29, 1.82) is 0 Å². The molecule has 1 saturated heterocycles. The number of nitrogens with one attached hydrogen (secondary N) is 1. The van der Waals surface area contributed by atoms with E-state index >= 15 is 0 Å². The molecule has 0 bridgehead atoms. The minimum Gasteiger partial charge on any atom is -0.369 e. The first-order valence-corrected chi connectivity index (χ1v) is 7.18. The summed E-state index contributed by atoms with van der Waals surface area (Å²) >= 11 is 0. The molecule has 1 aromatic rings. The average molecular weight is 331 g/mol. The van der Waals surface area contributed by atoms with Gasteiger partial charge in [0.15, 0.2) is 0 Å². The zero-order chi connectivity index (χ0) is 14.1. The SMILES string of the molecule is Cl.O=S(=O)(c1ccc(N2CCNCC2)cc1)C(F)(F)F. The van der Waals surface area contributed by atoms with Crippen LogP contribution in [0, 0.1) is 0 Å². The molecule has 1 N–H and O–H groups in total. The lowest BCUT2D eigenvalue weighted by atomic mass is 10.2. The molecule has 0 atom stereocenters. The van der Waals surface area contributed by atoms with Crippen molar-refractivity contribution < 1.29 is 21.6 Å². The fourth-order valence-corrected chi connectivity index (χ4v) is 2.65. The number of anilines is 1. The van der Waals surface area contributed by atoms with Gasteiger partial charge in [-0.05, 0) is 24.3 Å². The monoisotopic (exact) mass is 330 g/mol. The lowest BCUT2D eigenvalue weighted by Crippen LogP contribution is -2.43. The van der Waals surface area contributed by atoms with Crippen molar-refractivity contribution in [1.82, 2.24) is 5.32 Å². The Bertz CT molecular complexity index is 540. The van der Waals surface area contributed by atoms with E-state index in [9.17, 15) is 21.6 Å². The summed E-state index contributed by atoms with van der Waals surface area (Å²) in [7, 11) is -5.25. The zero-order valence-corrected chi connectivity index (χ0v) is 12.0. The number of nitrogens with zero attached hydrogens (tertiary/aromatic N) is 1. The molecule has 0 radical (unpaired) electrons. The molecule has 1 aliphatic heterocycles. The third kappa shape index (κ3) is 3.36. The standard InChI is InChI=1S/C11H13F3N2O2S.ClH/c12-11(13,14)19(17,18)10-3-1-9(2-4-10)16-7-5-15-6-8-16;/h1-4,15H,5-8H2;1H. The van der Waals surface area contributed by atoms with E-state index in [4.69, 9.17) is 0 Å². The molecule has 20 heavy (non-hydrogen) atoms. The van der Waals surface area contributed by atoms with Crippen LogP contribution in [0.25, 0.3) is 0 Å². The Morgan fingerprint density at radius 1 is 1.05 bits per heavy atom. The highest BCUT2D eigenvalue weighted by molar-refractivity contribution is 7.92. The van der Waals surface area contributed by atoms with Crippen LogP contribution in [0.2, 0.25) is 0 Å². The summed E-state index contributed by atoms with van der Waals surface area (Å²) in [5.74, 6) is 0. The summed E-state index contributed by atoms with van der Waals surface area (Å²) in [6.45, 7) is 3.07. The maximum atomic E-state index is 12.4. The minimum atomic E-state index is -5.26. The largest absolute Gasteiger partial charge is 0.501 e. The Morgan fingerprint density at radius 3 is 2.00 bits per heavy atom. The van der Waals surface area contributed by atoms with Crippen LogP contribution in [-0.2, 0) is 9.84 Å². The van der Waals surface area contributed by atoms with Gasteiger partial charge in [-0.2, -0.15) is 13.2 Å². The first-order chi connectivity index (χ1) is 8.82. The molecule has 1 heterocycles. The maximum Gasteiger partial charge on any atom is 0.501 e. The van der Waals surface area contributed by atoms with Crippen LogP contribution >= 0.6 is 12.4 Å². The van der Waals surface area contributed by atoms with Crippen molar-refractivity contribution in [3.8, 4) is 0 Å². The van der Waals surface area contributed by atoms with Crippen LogP contribution in [-0.4, -0.2) is 40.1 Å². The van der Waals surface area contributed by atoms with Crippen molar-refractivity contribution in [2.24, 2.45) is 0 Å². The Balaban J connectivity index is 0.00000200. The van der Waals surface area contributed by atoms with E-state index in [-0.39, 0.29) is 12.4 Å². The number of alkyl halides is 3. The summed E-state index contributed by atoms with van der Waals surface area (Å²) in [6, 6.07) is 4.81. The Kier molecular flexibility index (Phi) is 5.28. The van der Waals surface area contributed by atoms with E-state index < -0.39 is 20.2 Å². The van der Waals surface area contributed by atoms with Gasteiger partial charge in [0.05, 0.1) is 4.90 Å². The Hall–Kier alpha value is -0.990. The summed E-state index contributed by atoms with van der Waals surface area (Å²) in [6.07, 6.45) is 0. The molecule has 0 saturated carbocycles. The Morgan fingerprint density at radius 2 is 1.55 bits per heavy atom. The topological polar surface area (TPSA) is 49.4 Å². The molecule has 0 spiro atoms. The van der Waals surface area contributed by atoms with Crippen LogP contribution < -0.4 is 10.2 Å². The number of hydrogen-bond donors (Lipinski definition) is 1. The first kappa shape index (κ1) is 17.1. The van der Waals surface area contributed by atoms with Crippen LogP contribution in [0.5, 0.6) is 0 Å². The molecule has 1 aliphatic rings. The number of halogens is 4. The van der Waals surface area contributed by atoms with Crippen molar-refractivity contribution in [3.63, 3.8) is 0 Å². The minimum absolute atomic E-state index is 0. The second-order valence-electron chi connectivity index (χ2n) is 4.18. The van der Waals surface area contributed by atoms with Gasteiger partial charge in [0.2, 0.25) is 0 Å². The van der Waals surface area contributed by atoms with Crippen LogP contribution in [0.3, 0.4) is 0 Å². The van der Waals surface area contributed by atoms with Gasteiger partial charge >= 0.3 is 5.51 Å². The van der Waals surface area contributed by atoms with Gasteiger partial charge in [0.1, 0.15) is 0 Å². The van der Waals surface area contributed by atoms with Crippen molar-refractivity contribution >= 4 is 27.9 Å². The predicted octanol–water partition coefficient (Wildman–Crippen LogP) is 1.81. The molecule has 0 aliphatic carbocycles. The van der Waals surface area contributed by atoms with Crippen LogP contribution in [0.1, 0.15) is 0 Å². The summed E-state index contributed by atoms with van der Waals surface area (Å²) in [5, 5.41) is 3.15. The van der Waals surface area contributed by atoms with E-state index in [2.05, 4.69) is 5.32 Å². The van der Waals surface area contributed by atoms with Crippen molar-refractivity contribution in [2.75, 3.05) is 31.1 Å². The lowest BCUT2D eigenvalue weighted by Gasteiger charge is -2.29. The smallest absolute Gasteiger partial charge is 0.369 e. The highest BCUT2D eigenvalue weighted by Crippen LogP contribution is 2.31. The van der Waals surface area contributed by atoms with Gasteiger partial charge in [-0.3, -0.25) is 0 Å². The highest BCUT2D eigenvalue weighted by atomic mass is 35.5. The van der Waals surface area contributed by atoms with Gasteiger partial charge in [-0.1, -0.05) is 0 Å². The molecule has 114 valence electrons. The zero-order valence-electron chi connectivity index (χ0n) is 10.4. The van der Waals surface area contributed by atoms with Gasteiger partial charge in [0.25, 0.3) is 9.84 Å². The summed E-state index contributed by atoms with van der Waals surface area (Å²) in [5.41, 5.74) is -4.54. The van der Waals surface area contributed by atoms with E-state index in [1.165, 1.54) is 12.1 Å². The second kappa shape index (κ2) is 6.19. The van der Waals surface area contributed by atoms with Crippen molar-refractivity contribution in [3.05, 3.63) is 24.3 Å². The molecular formula is C11H14ClF3N2O2S. The summed E-state index contributed by atoms with van der Waals surface area (Å²) in [4.78, 5) is 1.26. The maximum absolute atomic E-state index is 12.4. The van der Waals surface area contributed by atoms with Crippen LogP contribution in [0.4, 0.5) is 18.9 Å². The fraction of sp³-hybridized carbons (Fsp3) is 0.455. The third-order valence-electron chi connectivity index (χ3n) is 2.93. The number of piperazine rings is 1. The van der Waals surface area contributed by atoms with Gasteiger partial charge in [-0.15, -0.1) is 12.4 Å². The third-order valence-corrected chi connectivity index (χ3v) is 4.44. The summed E-state index contributed by atoms with van der Waals surface area (Å²) < 4.78 is 59.5. The Labute approximate surface area is 121 Å². The molecule has 4 nitrogen and oxygen atoms in total. The predicted molar refractivity (Wildman–Crippen MR) is 72.0 cm³/mol. The molecule has 9 heteroatoms. The lowest BCUT2D eigenvalue weighted by molar-refractivity contribution is -0.0436. The van der Waals surface area contributed by atoms with E-state index in [1.807, 2.05) is 4.90 Å². The highest BCUT2D eigenvalue weighted by Gasteiger charge is 2.46. The number of sulfone groups is 1. The van der Waals surface area contributed by atoms with E-state index in [0.717, 1.165) is 44.0 Å². The number of rotatable bonds is 2. The molecule has 1 aromatic carbocycles. The average Bonchev–Trinajstić information content (AvgIpc) is 2.39. The van der Waals surface area contributed by atoms with Crippen LogP contribution in [0.15, 0.2) is 29.2 Å². The normalized spacial score (nSPS) is 16.6. The molecular weight excluding hydrogens is 317 g/mol. The number of hydrogen-bond acceptors (Lipinski definition) is 4. The molecule has 2 rings (SSSR count). The molecule has 0 amide bonds. The first-order valence-electron chi connectivity index (χ1n) is 5.69. The van der Waals surface area contributed by atoms with Gasteiger partial charge in [-0.25, -0.2) is 8.42 Å². The van der Waals surface area contributed by atoms with E-state index in [1.54, 1.807) is 0 Å². The fourth-order valence-electron chi connectivity index (χ4n) is 1.89. The molecule has 1 fully saturated rings. The molecule has 0 unspecified atom stereocenters. The number of benzene rings is 1. The second-order valence-corrected chi connectivity index (χ2v) is 6.12. The van der Waals surface area contributed by atoms with E-state index in [0.29, 0.717) is 0 Å². The van der Waals surface area contributed by atoms with Gasteiger partial charge in [0, 0.05) is 31.9 Å². The quantitative estimate of drug-likeness (QED) is 0.898. The van der Waals surface area contributed by atoms with Crippen molar-refractivity contribution in [2.45, 2.75) is 10.4 Å². The molecule has 0 aromatic heterocycles. The van der Waals surface area contributed by atoms with Gasteiger partial charge < -0.3 is 10.2 Å².